The molecule has 0 heterocycles. The van der Waals surface area contributed by atoms with Crippen LogP contribution in [0.1, 0.15) is 6.92 Å². The van der Waals surface area contributed by atoms with Crippen molar-refractivity contribution in [2.24, 2.45) is 5.73 Å². The zero-order chi connectivity index (χ0) is 7.28. The van der Waals surface area contributed by atoms with Gasteiger partial charge < -0.3 is 5.73 Å². The number of halogens is 1. The Balaban J connectivity index is 4.11. The van der Waals surface area contributed by atoms with E-state index in [2.05, 4.69) is 22.5 Å². The third-order valence-corrected chi connectivity index (χ3v) is 1.39. The SMILES string of the molecule is C=C/C(Br)=C\C(N)=C/C. The summed E-state index contributed by atoms with van der Waals surface area (Å²) in [5.41, 5.74) is 6.19. The molecular formula is C7H10BrN. The average molecular weight is 188 g/mol. The summed E-state index contributed by atoms with van der Waals surface area (Å²) < 4.78 is 0.901. The molecule has 0 aromatic carbocycles. The predicted molar refractivity (Wildman–Crippen MR) is 45.2 cm³/mol. The Bertz CT molecular complexity index is 156. The summed E-state index contributed by atoms with van der Waals surface area (Å²) in [6, 6.07) is 0. The topological polar surface area (TPSA) is 26.0 Å². The van der Waals surface area contributed by atoms with Gasteiger partial charge in [-0.25, -0.2) is 0 Å². The molecule has 2 heteroatoms. The van der Waals surface area contributed by atoms with Crippen LogP contribution in [0.15, 0.2) is 35.0 Å². The Kier molecular flexibility index (Phi) is 4.14. The third kappa shape index (κ3) is 4.03. The first-order chi connectivity index (χ1) is 4.20. The highest BCUT2D eigenvalue weighted by Gasteiger charge is 1.82. The number of hydrogen-bond donors (Lipinski definition) is 1. The molecule has 0 amide bonds. The molecular weight excluding hydrogens is 178 g/mol. The lowest BCUT2D eigenvalue weighted by Gasteiger charge is -1.89. The molecule has 0 bridgehead atoms. The Morgan fingerprint density at radius 1 is 1.67 bits per heavy atom. The summed E-state index contributed by atoms with van der Waals surface area (Å²) in [4.78, 5) is 0. The molecule has 0 aliphatic carbocycles. The van der Waals surface area contributed by atoms with E-state index in [1.54, 1.807) is 12.2 Å². The van der Waals surface area contributed by atoms with Crippen LogP contribution >= 0.6 is 15.9 Å². The summed E-state index contributed by atoms with van der Waals surface area (Å²) in [6.45, 7) is 5.43. The van der Waals surface area contributed by atoms with Crippen molar-refractivity contribution in [1.29, 1.82) is 0 Å². The third-order valence-electron chi connectivity index (χ3n) is 0.833. The van der Waals surface area contributed by atoms with Crippen molar-refractivity contribution < 1.29 is 0 Å². The number of hydrogen-bond acceptors (Lipinski definition) is 1. The lowest BCUT2D eigenvalue weighted by Crippen LogP contribution is -1.90. The van der Waals surface area contributed by atoms with Gasteiger partial charge in [-0.05, 0) is 13.0 Å². The van der Waals surface area contributed by atoms with E-state index in [1.165, 1.54) is 0 Å². The Morgan fingerprint density at radius 3 is 2.56 bits per heavy atom. The molecule has 0 aromatic rings. The summed E-state index contributed by atoms with van der Waals surface area (Å²) in [5, 5.41) is 0. The Morgan fingerprint density at radius 2 is 2.22 bits per heavy atom. The minimum absolute atomic E-state index is 0.738. The minimum Gasteiger partial charge on any atom is -0.399 e. The molecule has 0 rings (SSSR count). The molecule has 0 saturated heterocycles. The van der Waals surface area contributed by atoms with Gasteiger partial charge in [0, 0.05) is 10.2 Å². The molecule has 2 N–H and O–H groups in total. The van der Waals surface area contributed by atoms with E-state index in [1.807, 2.05) is 13.0 Å². The van der Waals surface area contributed by atoms with Crippen molar-refractivity contribution in [3.05, 3.63) is 35.0 Å². The molecule has 0 aliphatic heterocycles. The molecule has 0 saturated carbocycles. The highest BCUT2D eigenvalue weighted by molar-refractivity contribution is 9.11. The van der Waals surface area contributed by atoms with Crippen LogP contribution in [-0.4, -0.2) is 0 Å². The van der Waals surface area contributed by atoms with Crippen LogP contribution in [0.2, 0.25) is 0 Å². The van der Waals surface area contributed by atoms with Gasteiger partial charge in [0.15, 0.2) is 0 Å². The maximum absolute atomic E-state index is 5.46. The van der Waals surface area contributed by atoms with Crippen LogP contribution in [0.5, 0.6) is 0 Å². The standard InChI is InChI=1S/C7H10BrN/c1-3-6(8)5-7(9)4-2/h3-5H,1,9H2,2H3/b6-5+,7-4+. The van der Waals surface area contributed by atoms with Gasteiger partial charge in [-0.3, -0.25) is 0 Å². The number of allylic oxidation sites excluding steroid dienone is 4. The molecule has 50 valence electrons. The van der Waals surface area contributed by atoms with E-state index in [4.69, 9.17) is 5.73 Å². The van der Waals surface area contributed by atoms with Crippen LogP contribution in [0.25, 0.3) is 0 Å². The minimum atomic E-state index is 0.738. The molecule has 0 radical (unpaired) electrons. The second-order valence-electron chi connectivity index (χ2n) is 1.52. The first-order valence-electron chi connectivity index (χ1n) is 2.62. The normalized spacial score (nSPS) is 13.6. The van der Waals surface area contributed by atoms with Gasteiger partial charge in [-0.2, -0.15) is 0 Å². The van der Waals surface area contributed by atoms with Crippen molar-refractivity contribution in [3.8, 4) is 0 Å². The lowest BCUT2D eigenvalue weighted by molar-refractivity contribution is 1.39. The number of nitrogens with two attached hydrogens (primary N) is 1. The quantitative estimate of drug-likeness (QED) is 0.661. The highest BCUT2D eigenvalue weighted by atomic mass is 79.9. The highest BCUT2D eigenvalue weighted by Crippen LogP contribution is 2.06. The average Bonchev–Trinajstić information content (AvgIpc) is 1.87. The van der Waals surface area contributed by atoms with Gasteiger partial charge in [0.2, 0.25) is 0 Å². The molecule has 0 spiro atoms. The Hall–Kier alpha value is -0.500. The first kappa shape index (κ1) is 8.50. The molecule has 0 aromatic heterocycles. The first-order valence-corrected chi connectivity index (χ1v) is 3.41. The molecule has 0 atom stereocenters. The fraction of sp³-hybridized carbons (Fsp3) is 0.143. The van der Waals surface area contributed by atoms with Crippen LogP contribution in [0.4, 0.5) is 0 Å². The van der Waals surface area contributed by atoms with Crippen molar-refractivity contribution in [1.82, 2.24) is 0 Å². The molecule has 9 heavy (non-hydrogen) atoms. The van der Waals surface area contributed by atoms with Gasteiger partial charge in [0.1, 0.15) is 0 Å². The van der Waals surface area contributed by atoms with Gasteiger partial charge in [-0.1, -0.05) is 34.7 Å². The van der Waals surface area contributed by atoms with Crippen molar-refractivity contribution in [2.45, 2.75) is 6.92 Å². The van der Waals surface area contributed by atoms with Gasteiger partial charge in [0.25, 0.3) is 0 Å². The van der Waals surface area contributed by atoms with Crippen LogP contribution in [0, 0.1) is 0 Å². The molecule has 1 nitrogen and oxygen atoms in total. The van der Waals surface area contributed by atoms with Crippen molar-refractivity contribution in [3.63, 3.8) is 0 Å². The smallest absolute Gasteiger partial charge is 0.0281 e. The number of rotatable bonds is 2. The van der Waals surface area contributed by atoms with Crippen molar-refractivity contribution >= 4 is 15.9 Å². The molecule has 0 aliphatic rings. The summed E-state index contributed by atoms with van der Waals surface area (Å²) in [6.07, 6.45) is 5.31. The monoisotopic (exact) mass is 187 g/mol. The van der Waals surface area contributed by atoms with E-state index >= 15 is 0 Å². The largest absolute Gasteiger partial charge is 0.399 e. The van der Waals surface area contributed by atoms with E-state index < -0.39 is 0 Å². The zero-order valence-corrected chi connectivity index (χ0v) is 6.98. The van der Waals surface area contributed by atoms with E-state index in [9.17, 15) is 0 Å². The fourth-order valence-electron chi connectivity index (χ4n) is 0.301. The maximum Gasteiger partial charge on any atom is 0.0281 e. The second kappa shape index (κ2) is 4.39. The fourth-order valence-corrected chi connectivity index (χ4v) is 0.566. The lowest BCUT2D eigenvalue weighted by atomic mass is 10.4. The van der Waals surface area contributed by atoms with Crippen LogP contribution < -0.4 is 5.73 Å². The summed E-state index contributed by atoms with van der Waals surface area (Å²) in [5.74, 6) is 0. The molecule has 0 unspecified atom stereocenters. The maximum atomic E-state index is 5.46. The van der Waals surface area contributed by atoms with Crippen LogP contribution in [-0.2, 0) is 0 Å². The second-order valence-corrected chi connectivity index (χ2v) is 2.44. The van der Waals surface area contributed by atoms with Gasteiger partial charge in [0.05, 0.1) is 0 Å². The van der Waals surface area contributed by atoms with E-state index in [0.29, 0.717) is 0 Å². The van der Waals surface area contributed by atoms with Gasteiger partial charge >= 0.3 is 0 Å². The summed E-state index contributed by atoms with van der Waals surface area (Å²) >= 11 is 3.24. The Labute approximate surface area is 64.1 Å². The zero-order valence-electron chi connectivity index (χ0n) is 5.39. The summed E-state index contributed by atoms with van der Waals surface area (Å²) in [7, 11) is 0. The van der Waals surface area contributed by atoms with Crippen LogP contribution in [0.3, 0.4) is 0 Å². The van der Waals surface area contributed by atoms with Gasteiger partial charge in [-0.15, -0.1) is 0 Å². The van der Waals surface area contributed by atoms with E-state index in [-0.39, 0.29) is 0 Å². The van der Waals surface area contributed by atoms with Crippen molar-refractivity contribution in [2.75, 3.05) is 0 Å². The predicted octanol–water partition coefficient (Wildman–Crippen LogP) is 2.31. The van der Waals surface area contributed by atoms with E-state index in [0.717, 1.165) is 10.2 Å². The molecule has 0 fully saturated rings.